The maximum atomic E-state index is 12.5. The van der Waals surface area contributed by atoms with Crippen LogP contribution in [-0.4, -0.2) is 26.7 Å². The van der Waals surface area contributed by atoms with E-state index in [0.29, 0.717) is 22.9 Å². The lowest BCUT2D eigenvalue weighted by Gasteiger charge is -2.11. The van der Waals surface area contributed by atoms with E-state index in [-0.39, 0.29) is 18.9 Å². The molecule has 0 aliphatic carbocycles. The number of hydrogen-bond donors (Lipinski definition) is 2. The van der Waals surface area contributed by atoms with Crippen molar-refractivity contribution in [1.82, 2.24) is 0 Å². The molecule has 5 nitrogen and oxygen atoms in total. The van der Waals surface area contributed by atoms with Crippen LogP contribution in [0.15, 0.2) is 42.5 Å². The number of anilines is 2. The Morgan fingerprint density at radius 2 is 1.58 bits per heavy atom. The van der Waals surface area contributed by atoms with E-state index in [2.05, 4.69) is 10.6 Å². The molecule has 140 valence electrons. The summed E-state index contributed by atoms with van der Waals surface area (Å²) in [6.45, 7) is 0.282. The molecule has 2 rings (SSSR count). The van der Waals surface area contributed by atoms with Gasteiger partial charge in [-0.05, 0) is 36.4 Å². The minimum atomic E-state index is -4.36. The summed E-state index contributed by atoms with van der Waals surface area (Å²) in [6, 6.07) is 9.64. The molecule has 8 heteroatoms. The smallest absolute Gasteiger partial charge is 0.416 e. The molecular weight excluding hydrogens is 349 g/mol. The van der Waals surface area contributed by atoms with Crippen molar-refractivity contribution < 1.29 is 27.4 Å². The highest BCUT2D eigenvalue weighted by atomic mass is 19.4. The zero-order chi connectivity index (χ0) is 19.2. The Hall–Kier alpha value is -2.90. The van der Waals surface area contributed by atoms with Crippen LogP contribution < -0.4 is 20.1 Å². The number of alkyl halides is 3. The Balaban J connectivity index is 1.84. The van der Waals surface area contributed by atoms with Gasteiger partial charge in [0.2, 0.25) is 5.91 Å². The molecule has 0 aliphatic rings. The third-order valence-electron chi connectivity index (χ3n) is 3.56. The van der Waals surface area contributed by atoms with E-state index in [4.69, 9.17) is 9.47 Å². The van der Waals surface area contributed by atoms with Crippen LogP contribution in [0, 0.1) is 0 Å². The molecule has 0 spiro atoms. The summed E-state index contributed by atoms with van der Waals surface area (Å²) >= 11 is 0. The molecule has 1 amide bonds. The topological polar surface area (TPSA) is 59.6 Å². The van der Waals surface area contributed by atoms with Crippen LogP contribution in [0.1, 0.15) is 12.0 Å². The summed E-state index contributed by atoms with van der Waals surface area (Å²) < 4.78 is 47.8. The zero-order valence-electron chi connectivity index (χ0n) is 14.3. The highest BCUT2D eigenvalue weighted by Crippen LogP contribution is 2.30. The van der Waals surface area contributed by atoms with Crippen molar-refractivity contribution >= 4 is 17.3 Å². The first-order valence-corrected chi connectivity index (χ1v) is 7.76. The quantitative estimate of drug-likeness (QED) is 0.770. The van der Waals surface area contributed by atoms with Gasteiger partial charge >= 0.3 is 6.18 Å². The molecule has 0 fully saturated rings. The van der Waals surface area contributed by atoms with Gasteiger partial charge < -0.3 is 20.1 Å². The van der Waals surface area contributed by atoms with Gasteiger partial charge in [-0.3, -0.25) is 4.79 Å². The molecule has 0 aromatic heterocycles. The molecule has 2 N–H and O–H groups in total. The molecule has 2 aromatic carbocycles. The highest BCUT2D eigenvalue weighted by molar-refractivity contribution is 5.91. The van der Waals surface area contributed by atoms with E-state index in [9.17, 15) is 18.0 Å². The van der Waals surface area contributed by atoms with Crippen molar-refractivity contribution in [1.29, 1.82) is 0 Å². The predicted molar refractivity (Wildman–Crippen MR) is 92.7 cm³/mol. The lowest BCUT2D eigenvalue weighted by molar-refractivity contribution is -0.137. The number of ether oxygens (including phenoxy) is 2. The fourth-order valence-electron chi connectivity index (χ4n) is 2.23. The number of nitrogens with one attached hydrogen (secondary N) is 2. The Morgan fingerprint density at radius 1 is 0.962 bits per heavy atom. The number of amides is 1. The number of carbonyl (C=O) groups is 1. The standard InChI is InChI=1S/C18H19F3N2O3/c1-25-15-8-7-14(11-16(15)26-2)23-17(24)9-10-22-13-5-3-12(4-6-13)18(19,20)21/h3-8,11,22H,9-10H2,1-2H3,(H,23,24). The molecule has 0 heterocycles. The van der Waals surface area contributed by atoms with Gasteiger partial charge in [-0.2, -0.15) is 13.2 Å². The molecule has 2 aromatic rings. The van der Waals surface area contributed by atoms with Crippen LogP contribution in [0.2, 0.25) is 0 Å². The van der Waals surface area contributed by atoms with Crippen LogP contribution in [0.5, 0.6) is 11.5 Å². The Labute approximate surface area is 149 Å². The normalized spacial score (nSPS) is 11.0. The van der Waals surface area contributed by atoms with Crippen LogP contribution in [-0.2, 0) is 11.0 Å². The minimum Gasteiger partial charge on any atom is -0.493 e. The van der Waals surface area contributed by atoms with Crippen LogP contribution in [0.4, 0.5) is 24.5 Å². The summed E-state index contributed by atoms with van der Waals surface area (Å²) in [7, 11) is 3.01. The number of benzene rings is 2. The Morgan fingerprint density at radius 3 is 2.15 bits per heavy atom. The van der Waals surface area contributed by atoms with Gasteiger partial charge in [0.15, 0.2) is 11.5 Å². The van der Waals surface area contributed by atoms with Gasteiger partial charge in [-0.15, -0.1) is 0 Å². The van der Waals surface area contributed by atoms with Crippen molar-refractivity contribution in [3.63, 3.8) is 0 Å². The molecule has 0 atom stereocenters. The fourth-order valence-corrected chi connectivity index (χ4v) is 2.23. The zero-order valence-corrected chi connectivity index (χ0v) is 14.3. The molecule has 0 bridgehead atoms. The van der Waals surface area contributed by atoms with Crippen LogP contribution in [0.3, 0.4) is 0 Å². The van der Waals surface area contributed by atoms with Crippen LogP contribution in [0.25, 0.3) is 0 Å². The summed E-state index contributed by atoms with van der Waals surface area (Å²) in [5.41, 5.74) is 0.355. The van der Waals surface area contributed by atoms with Crippen molar-refractivity contribution in [2.45, 2.75) is 12.6 Å². The number of carbonyl (C=O) groups excluding carboxylic acids is 1. The largest absolute Gasteiger partial charge is 0.493 e. The minimum absolute atomic E-state index is 0.148. The van der Waals surface area contributed by atoms with E-state index in [1.54, 1.807) is 18.2 Å². The molecule has 0 radical (unpaired) electrons. The van der Waals surface area contributed by atoms with Gasteiger partial charge in [-0.25, -0.2) is 0 Å². The SMILES string of the molecule is COc1ccc(NC(=O)CCNc2ccc(C(F)(F)F)cc2)cc1OC. The number of halogens is 3. The van der Waals surface area contributed by atoms with E-state index in [1.165, 1.54) is 26.4 Å². The third-order valence-corrected chi connectivity index (χ3v) is 3.56. The number of hydrogen-bond acceptors (Lipinski definition) is 4. The first-order valence-electron chi connectivity index (χ1n) is 7.76. The maximum absolute atomic E-state index is 12.5. The molecule has 0 aliphatic heterocycles. The van der Waals surface area contributed by atoms with Crippen molar-refractivity contribution in [2.24, 2.45) is 0 Å². The first kappa shape index (κ1) is 19.4. The van der Waals surface area contributed by atoms with E-state index < -0.39 is 11.7 Å². The Bertz CT molecular complexity index is 746. The van der Waals surface area contributed by atoms with Gasteiger partial charge in [0, 0.05) is 30.4 Å². The first-order chi connectivity index (χ1) is 12.3. The summed E-state index contributed by atoms with van der Waals surface area (Å²) in [4.78, 5) is 12.0. The Kier molecular flexibility index (Phi) is 6.32. The molecule has 0 saturated heterocycles. The van der Waals surface area contributed by atoms with Crippen molar-refractivity contribution in [2.75, 3.05) is 31.4 Å². The lowest BCUT2D eigenvalue weighted by atomic mass is 10.2. The van der Waals surface area contributed by atoms with Gasteiger partial charge in [0.1, 0.15) is 0 Å². The molecule has 26 heavy (non-hydrogen) atoms. The average molecular weight is 368 g/mol. The van der Waals surface area contributed by atoms with Gasteiger partial charge in [-0.1, -0.05) is 0 Å². The summed E-state index contributed by atoms with van der Waals surface area (Å²) in [5.74, 6) is 0.805. The lowest BCUT2D eigenvalue weighted by Crippen LogP contribution is -2.16. The van der Waals surface area contributed by atoms with E-state index in [0.717, 1.165) is 12.1 Å². The molecule has 0 saturated carbocycles. The summed E-state index contributed by atoms with van der Waals surface area (Å²) in [5, 5.41) is 5.63. The monoisotopic (exact) mass is 368 g/mol. The number of rotatable bonds is 7. The second kappa shape index (κ2) is 8.46. The summed E-state index contributed by atoms with van der Waals surface area (Å²) in [6.07, 6.45) is -4.22. The van der Waals surface area contributed by atoms with Crippen LogP contribution >= 0.6 is 0 Å². The highest BCUT2D eigenvalue weighted by Gasteiger charge is 2.29. The second-order valence-corrected chi connectivity index (χ2v) is 5.37. The average Bonchev–Trinajstić information content (AvgIpc) is 2.61. The van der Waals surface area contributed by atoms with E-state index in [1.807, 2.05) is 0 Å². The predicted octanol–water partition coefficient (Wildman–Crippen LogP) is 4.16. The van der Waals surface area contributed by atoms with Crippen molar-refractivity contribution in [3.8, 4) is 11.5 Å². The third kappa shape index (κ3) is 5.30. The molecular formula is C18H19F3N2O3. The number of methoxy groups -OCH3 is 2. The fraction of sp³-hybridized carbons (Fsp3) is 0.278. The second-order valence-electron chi connectivity index (χ2n) is 5.37. The maximum Gasteiger partial charge on any atom is 0.416 e. The van der Waals surface area contributed by atoms with Gasteiger partial charge in [0.25, 0.3) is 0 Å². The molecule has 0 unspecified atom stereocenters. The van der Waals surface area contributed by atoms with E-state index >= 15 is 0 Å². The van der Waals surface area contributed by atoms with Crippen molar-refractivity contribution in [3.05, 3.63) is 48.0 Å². The van der Waals surface area contributed by atoms with Gasteiger partial charge in [0.05, 0.1) is 19.8 Å².